The Bertz CT molecular complexity index is 750. The van der Waals surface area contributed by atoms with Crippen LogP contribution < -0.4 is 10.6 Å². The first-order valence-electron chi connectivity index (χ1n) is 10.8. The van der Waals surface area contributed by atoms with E-state index in [2.05, 4.69) is 51.4 Å². The van der Waals surface area contributed by atoms with Crippen molar-refractivity contribution in [2.24, 2.45) is 10.4 Å². The summed E-state index contributed by atoms with van der Waals surface area (Å²) in [5.41, 5.74) is 1.60. The van der Waals surface area contributed by atoms with Crippen molar-refractivity contribution >= 4 is 5.96 Å². The van der Waals surface area contributed by atoms with Crippen LogP contribution in [0.2, 0.25) is 0 Å². The number of aliphatic imine (C=N–C) groups is 1. The molecule has 2 N–H and O–H groups in total. The fraction of sp³-hybridized carbons (Fsp3) is 0.565. The molecule has 0 aliphatic heterocycles. The number of aromatic nitrogens is 2. The molecule has 0 unspecified atom stereocenters. The molecule has 1 saturated carbocycles. The summed E-state index contributed by atoms with van der Waals surface area (Å²) in [4.78, 5) is 9.33. The van der Waals surface area contributed by atoms with Crippen LogP contribution in [0.4, 0.5) is 0 Å². The van der Waals surface area contributed by atoms with Gasteiger partial charge < -0.3 is 19.9 Å². The number of methoxy groups -OCH3 is 1. The molecule has 6 heteroatoms. The second kappa shape index (κ2) is 11.0. The Balaban J connectivity index is 1.61. The van der Waals surface area contributed by atoms with Crippen LogP contribution in [0, 0.1) is 5.41 Å². The Morgan fingerprint density at radius 2 is 2.00 bits per heavy atom. The normalized spacial score (nSPS) is 16.1. The lowest BCUT2D eigenvalue weighted by Gasteiger charge is -2.30. The molecule has 3 rings (SSSR count). The number of rotatable bonds is 10. The van der Waals surface area contributed by atoms with Gasteiger partial charge in [-0.25, -0.2) is 9.98 Å². The van der Waals surface area contributed by atoms with E-state index in [0.717, 1.165) is 44.4 Å². The molecule has 29 heavy (non-hydrogen) atoms. The number of benzene rings is 1. The number of ether oxygens (including phenoxy) is 1. The molecule has 0 saturated heterocycles. The van der Waals surface area contributed by atoms with E-state index < -0.39 is 0 Å². The van der Waals surface area contributed by atoms with Crippen molar-refractivity contribution in [1.29, 1.82) is 0 Å². The quantitative estimate of drug-likeness (QED) is 0.475. The van der Waals surface area contributed by atoms with Crippen LogP contribution in [-0.2, 0) is 17.8 Å². The molecule has 1 aliphatic rings. The summed E-state index contributed by atoms with van der Waals surface area (Å²) in [6.45, 7) is 6.09. The molecule has 0 amide bonds. The lowest BCUT2D eigenvalue weighted by Crippen LogP contribution is -2.43. The maximum atomic E-state index is 5.36. The largest absolute Gasteiger partial charge is 0.385 e. The van der Waals surface area contributed by atoms with Gasteiger partial charge in [0.1, 0.15) is 12.4 Å². The monoisotopic (exact) mass is 397 g/mol. The van der Waals surface area contributed by atoms with Gasteiger partial charge in [-0.1, -0.05) is 43.2 Å². The highest BCUT2D eigenvalue weighted by Crippen LogP contribution is 2.40. The van der Waals surface area contributed by atoms with Crippen molar-refractivity contribution in [2.45, 2.75) is 52.1 Å². The van der Waals surface area contributed by atoms with Crippen LogP contribution in [0.15, 0.2) is 47.7 Å². The minimum atomic E-state index is 0.331. The van der Waals surface area contributed by atoms with E-state index in [-0.39, 0.29) is 0 Å². The number of imidazole rings is 1. The highest BCUT2D eigenvalue weighted by Gasteiger charge is 2.33. The van der Waals surface area contributed by atoms with Crippen molar-refractivity contribution in [1.82, 2.24) is 20.2 Å². The zero-order chi connectivity index (χ0) is 20.4. The summed E-state index contributed by atoms with van der Waals surface area (Å²) in [5.74, 6) is 1.84. The van der Waals surface area contributed by atoms with Gasteiger partial charge >= 0.3 is 0 Å². The molecular weight excluding hydrogens is 362 g/mol. The summed E-state index contributed by atoms with van der Waals surface area (Å²) in [6.07, 6.45) is 10.2. The van der Waals surface area contributed by atoms with E-state index in [0.29, 0.717) is 12.0 Å². The fourth-order valence-corrected chi connectivity index (χ4v) is 4.14. The van der Waals surface area contributed by atoms with E-state index in [1.54, 1.807) is 7.11 Å². The van der Waals surface area contributed by atoms with Gasteiger partial charge in [0.15, 0.2) is 5.96 Å². The van der Waals surface area contributed by atoms with Crippen molar-refractivity contribution in [3.8, 4) is 0 Å². The molecule has 1 heterocycles. The number of hydrogen-bond acceptors (Lipinski definition) is 3. The average molecular weight is 398 g/mol. The Morgan fingerprint density at radius 1 is 1.21 bits per heavy atom. The zero-order valence-corrected chi connectivity index (χ0v) is 17.9. The van der Waals surface area contributed by atoms with Gasteiger partial charge in [0.25, 0.3) is 0 Å². The first-order valence-corrected chi connectivity index (χ1v) is 10.8. The molecular formula is C23H35N5O. The predicted molar refractivity (Wildman–Crippen MR) is 118 cm³/mol. The van der Waals surface area contributed by atoms with Gasteiger partial charge in [0.05, 0.1) is 0 Å². The molecule has 2 aromatic rings. The summed E-state index contributed by atoms with van der Waals surface area (Å²) >= 11 is 0. The summed E-state index contributed by atoms with van der Waals surface area (Å²) in [5, 5.41) is 6.97. The van der Waals surface area contributed by atoms with Crippen LogP contribution in [-0.4, -0.2) is 42.3 Å². The third-order valence-corrected chi connectivity index (χ3v) is 5.85. The molecule has 0 spiro atoms. The predicted octanol–water partition coefficient (Wildman–Crippen LogP) is 3.58. The van der Waals surface area contributed by atoms with Crippen LogP contribution >= 0.6 is 0 Å². The summed E-state index contributed by atoms with van der Waals surface area (Å²) in [6, 6.07) is 10.5. The molecule has 0 radical (unpaired) electrons. The first kappa shape index (κ1) is 21.4. The van der Waals surface area contributed by atoms with Crippen LogP contribution in [0.5, 0.6) is 0 Å². The van der Waals surface area contributed by atoms with Crippen molar-refractivity contribution < 1.29 is 4.74 Å². The highest BCUT2D eigenvalue weighted by atomic mass is 16.5. The lowest BCUT2D eigenvalue weighted by atomic mass is 9.83. The van der Waals surface area contributed by atoms with E-state index >= 15 is 0 Å². The van der Waals surface area contributed by atoms with Gasteiger partial charge in [0.2, 0.25) is 0 Å². The SMILES string of the molecule is CCNC(=NCc1nccn1Cc1ccccc1)NCC1(CCOC)CCCC1. The number of hydrogen-bond donors (Lipinski definition) is 2. The average Bonchev–Trinajstić information content (AvgIpc) is 3.39. The van der Waals surface area contributed by atoms with Crippen LogP contribution in [0.3, 0.4) is 0 Å². The van der Waals surface area contributed by atoms with E-state index in [1.807, 2.05) is 18.5 Å². The summed E-state index contributed by atoms with van der Waals surface area (Å²) in [7, 11) is 1.79. The Hall–Kier alpha value is -2.34. The van der Waals surface area contributed by atoms with Crippen LogP contribution in [0.25, 0.3) is 0 Å². The van der Waals surface area contributed by atoms with Crippen molar-refractivity contribution in [3.63, 3.8) is 0 Å². The number of nitrogens with zero attached hydrogens (tertiary/aromatic N) is 3. The van der Waals surface area contributed by atoms with E-state index in [1.165, 1.54) is 31.2 Å². The maximum Gasteiger partial charge on any atom is 0.191 e. The molecule has 158 valence electrons. The first-order chi connectivity index (χ1) is 14.2. The molecule has 1 aromatic heterocycles. The standard InChI is InChI=1S/C23H35N5O/c1-3-24-22(27-19-23(13-16-29-2)11-7-8-12-23)26-17-21-25-14-15-28(21)18-20-9-5-4-6-10-20/h4-6,9-10,14-15H,3,7-8,11-13,16-19H2,1-2H3,(H2,24,26,27). The topological polar surface area (TPSA) is 63.5 Å². The third kappa shape index (κ3) is 6.32. The number of nitrogens with one attached hydrogen (secondary N) is 2. The van der Waals surface area contributed by atoms with Gasteiger partial charge in [-0.3, -0.25) is 0 Å². The molecule has 6 nitrogen and oxygen atoms in total. The molecule has 0 atom stereocenters. The minimum Gasteiger partial charge on any atom is -0.385 e. The Labute approximate surface area is 174 Å². The molecule has 0 bridgehead atoms. The third-order valence-electron chi connectivity index (χ3n) is 5.85. The van der Waals surface area contributed by atoms with Crippen molar-refractivity contribution in [2.75, 3.05) is 26.8 Å². The molecule has 1 fully saturated rings. The Morgan fingerprint density at radius 3 is 2.72 bits per heavy atom. The lowest BCUT2D eigenvalue weighted by molar-refractivity contribution is 0.138. The zero-order valence-electron chi connectivity index (χ0n) is 17.9. The van der Waals surface area contributed by atoms with Gasteiger partial charge in [-0.15, -0.1) is 0 Å². The smallest absolute Gasteiger partial charge is 0.191 e. The second-order valence-electron chi connectivity index (χ2n) is 7.96. The summed E-state index contributed by atoms with van der Waals surface area (Å²) < 4.78 is 7.52. The highest BCUT2D eigenvalue weighted by molar-refractivity contribution is 5.79. The second-order valence-corrected chi connectivity index (χ2v) is 7.96. The molecule has 1 aliphatic carbocycles. The van der Waals surface area contributed by atoms with Gasteiger partial charge in [-0.05, 0) is 37.2 Å². The van der Waals surface area contributed by atoms with Gasteiger partial charge in [-0.2, -0.15) is 0 Å². The molecule has 1 aromatic carbocycles. The Kier molecular flexibility index (Phi) is 8.11. The maximum absolute atomic E-state index is 5.36. The fourth-order valence-electron chi connectivity index (χ4n) is 4.14. The van der Waals surface area contributed by atoms with E-state index in [9.17, 15) is 0 Å². The minimum absolute atomic E-state index is 0.331. The van der Waals surface area contributed by atoms with Crippen LogP contribution in [0.1, 0.15) is 50.4 Å². The van der Waals surface area contributed by atoms with Crippen molar-refractivity contribution in [3.05, 3.63) is 54.1 Å². The number of guanidine groups is 1. The van der Waals surface area contributed by atoms with E-state index in [4.69, 9.17) is 9.73 Å². The van der Waals surface area contributed by atoms with Gasteiger partial charge in [0, 0.05) is 45.7 Å².